The van der Waals surface area contributed by atoms with Crippen molar-refractivity contribution < 1.29 is 8.42 Å². The molecule has 0 aliphatic carbocycles. The third-order valence-electron chi connectivity index (χ3n) is 3.98. The molecule has 1 aromatic carbocycles. The van der Waals surface area contributed by atoms with Gasteiger partial charge in [-0.2, -0.15) is 17.0 Å². The van der Waals surface area contributed by atoms with Crippen molar-refractivity contribution in [1.29, 1.82) is 0 Å². The van der Waals surface area contributed by atoms with Gasteiger partial charge in [0.25, 0.3) is 10.2 Å². The summed E-state index contributed by atoms with van der Waals surface area (Å²) in [5, 5.41) is 0. The van der Waals surface area contributed by atoms with Crippen LogP contribution in [0.15, 0.2) is 30.3 Å². The quantitative estimate of drug-likeness (QED) is 0.854. The van der Waals surface area contributed by atoms with Crippen LogP contribution in [0.3, 0.4) is 0 Å². The maximum absolute atomic E-state index is 12.8. The van der Waals surface area contributed by atoms with E-state index in [9.17, 15) is 8.42 Å². The molecule has 1 aliphatic heterocycles. The van der Waals surface area contributed by atoms with Gasteiger partial charge in [0.1, 0.15) is 0 Å². The van der Waals surface area contributed by atoms with Gasteiger partial charge in [-0.05, 0) is 24.3 Å². The summed E-state index contributed by atoms with van der Waals surface area (Å²) in [4.78, 5) is 0. The average Bonchev–Trinajstić information content (AvgIpc) is 2.48. The van der Waals surface area contributed by atoms with E-state index >= 15 is 0 Å². The predicted octanol–water partition coefficient (Wildman–Crippen LogP) is 1.85. The Balaban J connectivity index is 0.00000242. The zero-order chi connectivity index (χ0) is 15.3. The summed E-state index contributed by atoms with van der Waals surface area (Å²) in [6.07, 6.45) is 1.86. The molecule has 0 bridgehead atoms. The summed E-state index contributed by atoms with van der Waals surface area (Å²) in [7, 11) is -3.42. The van der Waals surface area contributed by atoms with E-state index in [1.54, 1.807) is 4.31 Å². The van der Waals surface area contributed by atoms with Crippen molar-refractivity contribution in [1.82, 2.24) is 8.61 Å². The fraction of sp³-hybridized carbons (Fsp3) is 0.600. The molecule has 2 rings (SSSR count). The number of halogens is 1. The van der Waals surface area contributed by atoms with E-state index in [-0.39, 0.29) is 12.4 Å². The number of hydrogen-bond donors (Lipinski definition) is 1. The maximum atomic E-state index is 12.8. The van der Waals surface area contributed by atoms with Crippen LogP contribution in [0, 0.1) is 5.92 Å². The number of nitrogens with two attached hydrogens (primary N) is 1. The molecule has 7 heteroatoms. The molecule has 0 atom stereocenters. The minimum Gasteiger partial charge on any atom is -0.329 e. The van der Waals surface area contributed by atoms with Crippen LogP contribution in [0.1, 0.15) is 25.3 Å². The first-order chi connectivity index (χ1) is 10.0. The fourth-order valence-electron chi connectivity index (χ4n) is 2.59. The first-order valence-electron chi connectivity index (χ1n) is 7.53. The molecule has 0 saturated carbocycles. The van der Waals surface area contributed by atoms with Gasteiger partial charge in [0.15, 0.2) is 0 Å². The SMILES string of the molecule is CC1CCN(S(=O)(=O)N(CCN)Cc2ccccc2)CC1.Cl. The van der Waals surface area contributed by atoms with Crippen LogP contribution in [0.25, 0.3) is 0 Å². The second-order valence-electron chi connectivity index (χ2n) is 5.70. The molecule has 126 valence electrons. The van der Waals surface area contributed by atoms with Gasteiger partial charge in [0.05, 0.1) is 0 Å². The largest absolute Gasteiger partial charge is 0.329 e. The average molecular weight is 348 g/mol. The molecule has 1 fully saturated rings. The standard InChI is InChI=1S/C15H25N3O2S.ClH/c1-14-7-10-17(11-8-14)21(19,20)18(12-9-16)13-15-5-3-2-4-6-15;/h2-6,14H,7-13,16H2,1H3;1H. The highest BCUT2D eigenvalue weighted by Crippen LogP contribution is 2.21. The van der Waals surface area contributed by atoms with Gasteiger partial charge in [-0.25, -0.2) is 0 Å². The lowest BCUT2D eigenvalue weighted by Gasteiger charge is -2.34. The number of hydrogen-bond acceptors (Lipinski definition) is 3. The van der Waals surface area contributed by atoms with Crippen molar-refractivity contribution in [2.75, 3.05) is 26.2 Å². The smallest absolute Gasteiger partial charge is 0.282 e. The Kier molecular flexibility index (Phi) is 7.79. The van der Waals surface area contributed by atoms with Crippen molar-refractivity contribution >= 4 is 22.6 Å². The van der Waals surface area contributed by atoms with E-state index in [0.29, 0.717) is 38.6 Å². The van der Waals surface area contributed by atoms with Gasteiger partial charge in [-0.3, -0.25) is 0 Å². The molecule has 0 aromatic heterocycles. The lowest BCUT2D eigenvalue weighted by Crippen LogP contribution is -2.48. The van der Waals surface area contributed by atoms with E-state index in [4.69, 9.17) is 5.73 Å². The minimum atomic E-state index is -3.42. The Labute approximate surface area is 140 Å². The second kappa shape index (κ2) is 8.84. The van der Waals surface area contributed by atoms with Crippen molar-refractivity contribution in [3.8, 4) is 0 Å². The Morgan fingerprint density at radius 3 is 2.36 bits per heavy atom. The molecule has 1 aromatic rings. The van der Waals surface area contributed by atoms with Crippen LogP contribution in [0.2, 0.25) is 0 Å². The topological polar surface area (TPSA) is 66.6 Å². The maximum Gasteiger partial charge on any atom is 0.282 e. The van der Waals surface area contributed by atoms with Gasteiger partial charge in [0.2, 0.25) is 0 Å². The number of benzene rings is 1. The van der Waals surface area contributed by atoms with Gasteiger partial charge in [0, 0.05) is 32.7 Å². The zero-order valence-corrected chi connectivity index (χ0v) is 14.7. The highest BCUT2D eigenvalue weighted by Gasteiger charge is 2.31. The highest BCUT2D eigenvalue weighted by atomic mass is 35.5. The number of nitrogens with zero attached hydrogens (tertiary/aromatic N) is 2. The molecule has 1 saturated heterocycles. The van der Waals surface area contributed by atoms with Crippen LogP contribution in [0.4, 0.5) is 0 Å². The minimum absolute atomic E-state index is 0. The lowest BCUT2D eigenvalue weighted by atomic mass is 10.0. The summed E-state index contributed by atoms with van der Waals surface area (Å²) < 4.78 is 28.7. The Bertz CT molecular complexity index is 531. The van der Waals surface area contributed by atoms with Crippen molar-refractivity contribution in [3.63, 3.8) is 0 Å². The van der Waals surface area contributed by atoms with Crippen LogP contribution in [-0.4, -0.2) is 43.2 Å². The fourth-order valence-corrected chi connectivity index (χ4v) is 4.23. The van der Waals surface area contributed by atoms with Gasteiger partial charge in [-0.15, -0.1) is 12.4 Å². The summed E-state index contributed by atoms with van der Waals surface area (Å²) >= 11 is 0. The number of piperidine rings is 1. The molecule has 5 nitrogen and oxygen atoms in total. The predicted molar refractivity (Wildman–Crippen MR) is 92.0 cm³/mol. The van der Waals surface area contributed by atoms with Gasteiger partial charge < -0.3 is 5.73 Å². The Morgan fingerprint density at radius 1 is 1.23 bits per heavy atom. The summed E-state index contributed by atoms with van der Waals surface area (Å²) in [5.74, 6) is 0.605. The first-order valence-corrected chi connectivity index (χ1v) is 8.93. The number of rotatable bonds is 6. The molecule has 0 unspecified atom stereocenters. The molecule has 1 heterocycles. The zero-order valence-electron chi connectivity index (χ0n) is 13.0. The van der Waals surface area contributed by atoms with Crippen molar-refractivity contribution in [2.24, 2.45) is 11.7 Å². The van der Waals surface area contributed by atoms with Crippen LogP contribution >= 0.6 is 12.4 Å². The molecule has 0 amide bonds. The van der Waals surface area contributed by atoms with Crippen molar-refractivity contribution in [2.45, 2.75) is 26.3 Å². The van der Waals surface area contributed by atoms with Crippen LogP contribution in [-0.2, 0) is 16.8 Å². The van der Waals surface area contributed by atoms with E-state index in [2.05, 4.69) is 6.92 Å². The third kappa shape index (κ3) is 4.93. The Morgan fingerprint density at radius 2 is 1.82 bits per heavy atom. The molecule has 2 N–H and O–H groups in total. The molecule has 22 heavy (non-hydrogen) atoms. The third-order valence-corrected chi connectivity index (χ3v) is 5.96. The van der Waals surface area contributed by atoms with E-state index < -0.39 is 10.2 Å². The molecular formula is C15H26ClN3O2S. The van der Waals surface area contributed by atoms with Crippen LogP contribution in [0.5, 0.6) is 0 Å². The first kappa shape index (κ1) is 19.4. The molecule has 0 radical (unpaired) electrons. The highest BCUT2D eigenvalue weighted by molar-refractivity contribution is 7.86. The molecule has 1 aliphatic rings. The summed E-state index contributed by atoms with van der Waals surface area (Å²) in [6.45, 7) is 4.45. The Hall–Kier alpha value is -0.660. The second-order valence-corrected chi connectivity index (χ2v) is 7.63. The monoisotopic (exact) mass is 347 g/mol. The van der Waals surface area contributed by atoms with E-state index in [0.717, 1.165) is 18.4 Å². The van der Waals surface area contributed by atoms with E-state index in [1.165, 1.54) is 4.31 Å². The van der Waals surface area contributed by atoms with Crippen molar-refractivity contribution in [3.05, 3.63) is 35.9 Å². The van der Waals surface area contributed by atoms with Crippen LogP contribution < -0.4 is 5.73 Å². The molecule has 0 spiro atoms. The van der Waals surface area contributed by atoms with Gasteiger partial charge in [-0.1, -0.05) is 37.3 Å². The normalized spacial score (nSPS) is 17.4. The van der Waals surface area contributed by atoms with E-state index in [1.807, 2.05) is 30.3 Å². The van der Waals surface area contributed by atoms with Gasteiger partial charge >= 0.3 is 0 Å². The molecular weight excluding hydrogens is 322 g/mol. The summed E-state index contributed by atoms with van der Waals surface area (Å²) in [6, 6.07) is 9.65. The lowest BCUT2D eigenvalue weighted by molar-refractivity contribution is 0.263. The summed E-state index contributed by atoms with van der Waals surface area (Å²) in [5.41, 5.74) is 6.59.